The topological polar surface area (TPSA) is 161 Å². The molecule has 0 aliphatic carbocycles. The number of imidazole rings is 4. The Labute approximate surface area is 350 Å². The van der Waals surface area contributed by atoms with Crippen LogP contribution in [0.1, 0.15) is 57.4 Å². The van der Waals surface area contributed by atoms with E-state index in [1.54, 1.807) is 18.1 Å². The van der Waals surface area contributed by atoms with Gasteiger partial charge in [-0.05, 0) is 0 Å². The molecule has 4 unspecified atom stereocenters. The predicted molar refractivity (Wildman–Crippen MR) is 221 cm³/mol. The summed E-state index contributed by atoms with van der Waals surface area (Å²) in [6, 6.07) is 1.08. The van der Waals surface area contributed by atoms with Crippen LogP contribution in [-0.2, 0) is 30.5 Å². The Morgan fingerprint density at radius 1 is 0.667 bits per heavy atom. The Bertz CT molecular complexity index is 1600. The summed E-state index contributed by atoms with van der Waals surface area (Å²) in [5, 5.41) is 10.9. The Kier molecular flexibility index (Phi) is 20.5. The number of hydrogen-bond acceptors (Lipinski definition) is 8. The summed E-state index contributed by atoms with van der Waals surface area (Å²) >= 11 is 6.26. The van der Waals surface area contributed by atoms with Crippen LogP contribution < -0.4 is 24.0 Å². The van der Waals surface area contributed by atoms with Crippen LogP contribution in [0.2, 0.25) is 0 Å². The van der Waals surface area contributed by atoms with Gasteiger partial charge in [0.1, 0.15) is 0 Å². The first-order valence-corrected chi connectivity index (χ1v) is 26.0. The van der Waals surface area contributed by atoms with Crippen molar-refractivity contribution >= 4 is 83.1 Å². The van der Waals surface area contributed by atoms with Gasteiger partial charge in [-0.2, -0.15) is 0 Å². The number of carboxylic acid groups (broad SMARTS) is 1. The van der Waals surface area contributed by atoms with Crippen molar-refractivity contribution in [1.82, 2.24) is 49.7 Å². The van der Waals surface area contributed by atoms with Gasteiger partial charge in [0.15, 0.2) is 0 Å². The van der Waals surface area contributed by atoms with Crippen molar-refractivity contribution in [3.05, 3.63) is 47.6 Å². The molecule has 302 valence electrons. The Morgan fingerprint density at radius 3 is 1.37 bits per heavy atom. The number of aliphatic carboxylic acids is 1. The molecule has 0 aliphatic heterocycles. The zero-order valence-corrected chi connectivity index (χ0v) is 41.2. The fraction of sp³-hybridized carbons (Fsp3) is 0.639. The number of aromatic nitrogens is 8. The molecule has 0 saturated carbocycles. The van der Waals surface area contributed by atoms with Gasteiger partial charge in [0.2, 0.25) is 0 Å². The van der Waals surface area contributed by atoms with E-state index in [4.69, 9.17) is 0 Å². The van der Waals surface area contributed by atoms with Crippen LogP contribution in [0, 0.1) is 0 Å². The van der Waals surface area contributed by atoms with Crippen molar-refractivity contribution in [2.75, 3.05) is 69.5 Å². The molecule has 4 rings (SSSR count). The molecule has 0 bridgehead atoms. The summed E-state index contributed by atoms with van der Waals surface area (Å²) in [6.45, 7) is 12.6. The summed E-state index contributed by atoms with van der Waals surface area (Å²) in [5.41, 5.74) is 4.48. The average molecular weight is 1010 g/mol. The van der Waals surface area contributed by atoms with Gasteiger partial charge in [-0.25, -0.2) is 0 Å². The molecule has 2 radical (unpaired) electrons. The standard InChI is InChI=1S/C18H34N6Se2.C9H14N3O2Se.C9H16N3Se/c1-13(23(3,4)5)9-15-11-19-17(21-15)25-26-18-20-12-16(22-18)10-14(2)24(6,7)8;1-3-12(2)7(8(13)14)4-6-5-10-9(15)11-6;1-4-12(3)7(2)5-8-6-10-9(13)11-8/h11-14H,9-10H2,1-8H3,(H,19,21)(H,20,22);5,7H,3-4H2,1-2H3,(H,10,11)(H,13,14);6-7H,4-5H2,1-3H3,(H,10,11)/q+2;;/p-1. The molecule has 0 aromatic carbocycles. The van der Waals surface area contributed by atoms with Gasteiger partial charge in [0.25, 0.3) is 0 Å². The van der Waals surface area contributed by atoms with Crippen LogP contribution in [0.4, 0.5) is 0 Å². The number of rotatable bonds is 18. The number of H-pyrrole nitrogens is 4. The second-order valence-electron chi connectivity index (χ2n) is 15.6. The third kappa shape index (κ3) is 17.6. The summed E-state index contributed by atoms with van der Waals surface area (Å²) < 4.78 is 5.74. The molecule has 4 atom stereocenters. The molecule has 4 aromatic rings. The number of nitrogens with one attached hydrogen (secondary N) is 4. The number of carbonyl (C=O) groups excluding carboxylic acids is 1. The summed E-state index contributed by atoms with van der Waals surface area (Å²) in [4.78, 5) is 45.4. The predicted octanol–water partition coefficient (Wildman–Crippen LogP) is -2.42. The first kappa shape index (κ1) is 48.4. The van der Waals surface area contributed by atoms with Gasteiger partial charge in [0.05, 0.1) is 0 Å². The fourth-order valence-electron chi connectivity index (χ4n) is 4.75. The molecule has 54 heavy (non-hydrogen) atoms. The maximum absolute atomic E-state index is 10.9. The van der Waals surface area contributed by atoms with Gasteiger partial charge < -0.3 is 0 Å². The van der Waals surface area contributed by atoms with E-state index in [0.717, 1.165) is 54.6 Å². The van der Waals surface area contributed by atoms with Crippen LogP contribution in [0.5, 0.6) is 0 Å². The van der Waals surface area contributed by atoms with Gasteiger partial charge in [-0.3, -0.25) is 0 Å². The average Bonchev–Trinajstić information content (AvgIpc) is 3.91. The summed E-state index contributed by atoms with van der Waals surface area (Å²) in [6.07, 6.45) is 11.0. The van der Waals surface area contributed by atoms with E-state index >= 15 is 0 Å². The first-order valence-electron chi connectivity index (χ1n) is 18.2. The van der Waals surface area contributed by atoms with Crippen molar-refractivity contribution in [1.29, 1.82) is 0 Å². The summed E-state index contributed by atoms with van der Waals surface area (Å²) in [7, 11) is 17.3. The molecule has 18 heteroatoms. The van der Waals surface area contributed by atoms with Crippen LogP contribution in [0.15, 0.2) is 24.8 Å². The SMILES string of the molecule is CC(Cc1cnc([Se][Se]c2ncc(CC(C)[N+](C)(C)C)[nH]2)[nH]1)[N+](C)(C)C.CCN(C)C(C)Cc1cnc([Se])[nH]1.CCN(C)C(Cc1cnc([Se])[nH]1)C(=O)[O-]. The van der Waals surface area contributed by atoms with Gasteiger partial charge in [-0.1, -0.05) is 0 Å². The van der Waals surface area contributed by atoms with Gasteiger partial charge in [0, 0.05) is 0 Å². The van der Waals surface area contributed by atoms with E-state index in [-0.39, 0.29) is 0 Å². The zero-order chi connectivity index (χ0) is 40.8. The van der Waals surface area contributed by atoms with Crippen molar-refractivity contribution in [2.24, 2.45) is 0 Å². The molecule has 4 heterocycles. The molecular weight excluding hydrogens is 948 g/mol. The molecule has 14 nitrogen and oxygen atoms in total. The number of quaternary nitrogens is 2. The third-order valence-electron chi connectivity index (χ3n) is 9.78. The number of likely N-dealkylation sites (N-methyl/N-ethyl adjacent to an activating group) is 4. The van der Waals surface area contributed by atoms with E-state index < -0.39 is 12.0 Å². The Hall–Kier alpha value is -1.77. The molecule has 0 saturated heterocycles. The van der Waals surface area contributed by atoms with Gasteiger partial charge >= 0.3 is 353 Å². The van der Waals surface area contributed by atoms with E-state index in [9.17, 15) is 9.90 Å². The number of hydrogen-bond donors (Lipinski definition) is 4. The molecule has 0 amide bonds. The second-order valence-corrected chi connectivity index (χ2v) is 23.2. The maximum atomic E-state index is 10.9. The fourth-order valence-corrected chi connectivity index (χ4v) is 10.5. The van der Waals surface area contributed by atoms with E-state index in [2.05, 4.69) is 154 Å². The molecular formula is C36H63N12O2Se4+. The van der Waals surface area contributed by atoms with Crippen molar-refractivity contribution in [2.45, 2.75) is 84.5 Å². The second kappa shape index (κ2) is 22.8. The molecule has 0 aliphatic rings. The first-order chi connectivity index (χ1) is 25.1. The normalized spacial score (nSPS) is 14.2. The number of carboxylic acids is 1. The molecule has 4 aromatic heterocycles. The monoisotopic (exact) mass is 1020 g/mol. The van der Waals surface area contributed by atoms with E-state index in [1.807, 2.05) is 25.5 Å². The quantitative estimate of drug-likeness (QED) is 0.0634. The third-order valence-corrected chi connectivity index (χ3v) is 16.7. The van der Waals surface area contributed by atoms with Crippen LogP contribution in [0.3, 0.4) is 0 Å². The van der Waals surface area contributed by atoms with E-state index in [0.29, 0.717) is 62.1 Å². The number of carbonyl (C=O) groups is 1. The van der Waals surface area contributed by atoms with Crippen molar-refractivity contribution in [3.63, 3.8) is 0 Å². The van der Waals surface area contributed by atoms with Crippen molar-refractivity contribution < 1.29 is 18.9 Å². The van der Waals surface area contributed by atoms with Crippen LogP contribution in [0.25, 0.3) is 0 Å². The Morgan fingerprint density at radius 2 is 1.04 bits per heavy atom. The van der Waals surface area contributed by atoms with E-state index in [1.165, 1.54) is 17.1 Å². The minimum absolute atomic E-state index is 0.339. The molecule has 0 fully saturated rings. The molecule has 0 spiro atoms. The minimum atomic E-state index is -1.06. The Balaban J connectivity index is 0.000000305. The van der Waals surface area contributed by atoms with Gasteiger partial charge in [-0.15, -0.1) is 0 Å². The molecule has 4 N–H and O–H groups in total. The summed E-state index contributed by atoms with van der Waals surface area (Å²) in [5.74, 6) is -1.06. The van der Waals surface area contributed by atoms with Crippen LogP contribution >= 0.6 is 0 Å². The van der Waals surface area contributed by atoms with Crippen molar-refractivity contribution in [3.8, 4) is 0 Å². The number of aromatic amines is 4. The zero-order valence-electron chi connectivity index (χ0n) is 34.4. The number of nitrogens with zero attached hydrogens (tertiary/aromatic N) is 8. The van der Waals surface area contributed by atoms with Crippen LogP contribution in [-0.4, -0.2) is 217 Å².